The highest BCUT2D eigenvalue weighted by Gasteiger charge is 2.35. The number of piperidine rings is 1. The summed E-state index contributed by atoms with van der Waals surface area (Å²) in [6.07, 6.45) is 10.4. The molecule has 5 rings (SSSR count). The van der Waals surface area contributed by atoms with Crippen molar-refractivity contribution in [3.05, 3.63) is 65.6 Å². The Bertz CT molecular complexity index is 940. The number of ether oxygens (including phenoxy) is 1. The van der Waals surface area contributed by atoms with Gasteiger partial charge in [-0.2, -0.15) is 0 Å². The van der Waals surface area contributed by atoms with Gasteiger partial charge in [0, 0.05) is 48.9 Å². The first-order chi connectivity index (χ1) is 13.8. The number of pyridine rings is 1. The lowest BCUT2D eigenvalue weighted by molar-refractivity contribution is 0.208. The number of fused-ring (bicyclic) bond motifs is 1. The van der Waals surface area contributed by atoms with Crippen molar-refractivity contribution in [2.24, 2.45) is 0 Å². The van der Waals surface area contributed by atoms with Gasteiger partial charge in [-0.1, -0.05) is 18.6 Å². The minimum atomic E-state index is 0.876. The molecule has 0 amide bonds. The van der Waals surface area contributed by atoms with Crippen LogP contribution in [0.2, 0.25) is 0 Å². The third-order valence-corrected chi connectivity index (χ3v) is 6.11. The van der Waals surface area contributed by atoms with E-state index in [4.69, 9.17) is 4.74 Å². The summed E-state index contributed by atoms with van der Waals surface area (Å²) >= 11 is 0. The Kier molecular flexibility index (Phi) is 4.65. The third-order valence-electron chi connectivity index (χ3n) is 6.11. The molecule has 1 fully saturated rings. The highest BCUT2D eigenvalue weighted by atomic mass is 16.5. The van der Waals surface area contributed by atoms with E-state index in [2.05, 4.69) is 39.1 Å². The van der Waals surface area contributed by atoms with Crippen molar-refractivity contribution in [2.45, 2.75) is 19.3 Å². The maximum Gasteiger partial charge on any atom is 0.119 e. The summed E-state index contributed by atoms with van der Waals surface area (Å²) in [5.74, 6) is 0.876. The van der Waals surface area contributed by atoms with Gasteiger partial charge in [0.1, 0.15) is 5.75 Å². The van der Waals surface area contributed by atoms with Gasteiger partial charge >= 0.3 is 0 Å². The van der Waals surface area contributed by atoms with Crippen molar-refractivity contribution in [3.63, 3.8) is 0 Å². The summed E-state index contributed by atoms with van der Waals surface area (Å²) in [6, 6.07) is 10.5. The van der Waals surface area contributed by atoms with E-state index < -0.39 is 0 Å². The lowest BCUT2D eigenvalue weighted by Gasteiger charge is -2.29. The zero-order chi connectivity index (χ0) is 18.9. The zero-order valence-electron chi connectivity index (χ0n) is 16.5. The van der Waals surface area contributed by atoms with E-state index in [0.29, 0.717) is 0 Å². The van der Waals surface area contributed by atoms with E-state index in [0.717, 1.165) is 30.0 Å². The van der Waals surface area contributed by atoms with Crippen LogP contribution in [0.3, 0.4) is 0 Å². The van der Waals surface area contributed by atoms with Crippen LogP contribution in [-0.4, -0.2) is 54.6 Å². The summed E-state index contributed by atoms with van der Waals surface area (Å²) < 4.78 is 5.37. The van der Waals surface area contributed by atoms with Gasteiger partial charge in [0.25, 0.3) is 0 Å². The quantitative estimate of drug-likeness (QED) is 0.758. The molecule has 0 bridgehead atoms. The van der Waals surface area contributed by atoms with Gasteiger partial charge in [0.05, 0.1) is 7.11 Å². The number of hydrogen-bond donors (Lipinski definition) is 0. The largest absolute Gasteiger partial charge is 0.497 e. The molecule has 1 aliphatic carbocycles. The minimum absolute atomic E-state index is 0.876. The van der Waals surface area contributed by atoms with Gasteiger partial charge in [0.15, 0.2) is 0 Å². The number of benzene rings is 1. The van der Waals surface area contributed by atoms with Crippen molar-refractivity contribution >= 4 is 5.57 Å². The molecule has 3 heterocycles. The SMILES string of the molecule is COc1cccc(-c2cncc(C3=C4C=C4N(CCN4CCCCC4)C3)c2)c1. The van der Waals surface area contributed by atoms with Crippen LogP contribution < -0.4 is 4.74 Å². The maximum atomic E-state index is 5.37. The Morgan fingerprint density at radius 3 is 2.68 bits per heavy atom. The van der Waals surface area contributed by atoms with E-state index in [1.165, 1.54) is 61.3 Å². The van der Waals surface area contributed by atoms with Crippen molar-refractivity contribution < 1.29 is 4.74 Å². The van der Waals surface area contributed by atoms with Gasteiger partial charge < -0.3 is 14.5 Å². The van der Waals surface area contributed by atoms with Crippen LogP contribution in [-0.2, 0) is 0 Å². The summed E-state index contributed by atoms with van der Waals surface area (Å²) in [5, 5.41) is 0. The van der Waals surface area contributed by atoms with Crippen LogP contribution in [0, 0.1) is 0 Å². The summed E-state index contributed by atoms with van der Waals surface area (Å²) in [4.78, 5) is 9.69. The first kappa shape index (κ1) is 17.5. The molecule has 1 aromatic heterocycles. The molecule has 0 N–H and O–H groups in total. The van der Waals surface area contributed by atoms with Gasteiger partial charge in [-0.05, 0) is 66.9 Å². The summed E-state index contributed by atoms with van der Waals surface area (Å²) in [7, 11) is 1.71. The molecule has 3 aliphatic rings. The third kappa shape index (κ3) is 3.45. The van der Waals surface area contributed by atoms with Gasteiger partial charge in [-0.25, -0.2) is 0 Å². The fourth-order valence-corrected chi connectivity index (χ4v) is 4.42. The fourth-order valence-electron chi connectivity index (χ4n) is 4.42. The second kappa shape index (κ2) is 7.44. The first-order valence-electron chi connectivity index (χ1n) is 10.3. The average molecular weight is 374 g/mol. The lowest BCUT2D eigenvalue weighted by Crippen LogP contribution is -2.36. The average Bonchev–Trinajstić information content (AvgIpc) is 3.48. The number of hydrogen-bond acceptors (Lipinski definition) is 4. The van der Waals surface area contributed by atoms with Crippen LogP contribution in [0.1, 0.15) is 24.8 Å². The molecule has 0 saturated carbocycles. The maximum absolute atomic E-state index is 5.37. The van der Waals surface area contributed by atoms with Crippen molar-refractivity contribution in [2.75, 3.05) is 39.8 Å². The van der Waals surface area contributed by atoms with E-state index in [-0.39, 0.29) is 0 Å². The molecule has 0 atom stereocenters. The van der Waals surface area contributed by atoms with Crippen LogP contribution >= 0.6 is 0 Å². The monoisotopic (exact) mass is 373 g/mol. The van der Waals surface area contributed by atoms with Crippen molar-refractivity contribution in [1.82, 2.24) is 14.8 Å². The molecule has 1 saturated heterocycles. The fraction of sp³-hybridized carbons (Fsp3) is 0.375. The van der Waals surface area contributed by atoms with Crippen molar-refractivity contribution in [3.8, 4) is 16.9 Å². The molecule has 2 aromatic rings. The second-order valence-electron chi connectivity index (χ2n) is 7.94. The molecule has 144 valence electrons. The Morgan fingerprint density at radius 2 is 1.82 bits per heavy atom. The predicted molar refractivity (Wildman–Crippen MR) is 113 cm³/mol. The molecule has 4 nitrogen and oxygen atoms in total. The van der Waals surface area contributed by atoms with Gasteiger partial charge in [-0.15, -0.1) is 0 Å². The number of likely N-dealkylation sites (tertiary alicyclic amines) is 1. The Labute approximate surface area is 167 Å². The molecule has 0 spiro atoms. The molecule has 28 heavy (non-hydrogen) atoms. The lowest BCUT2D eigenvalue weighted by atomic mass is 10.0. The molecule has 0 radical (unpaired) electrons. The van der Waals surface area contributed by atoms with Crippen LogP contribution in [0.5, 0.6) is 5.75 Å². The highest BCUT2D eigenvalue weighted by molar-refractivity contribution is 5.87. The predicted octanol–water partition coefficient (Wildman–Crippen LogP) is 4.21. The molecule has 2 aliphatic heterocycles. The number of nitrogens with zero attached hydrogens (tertiary/aromatic N) is 3. The Morgan fingerprint density at radius 1 is 0.964 bits per heavy atom. The first-order valence-corrected chi connectivity index (χ1v) is 10.3. The van der Waals surface area contributed by atoms with Crippen LogP contribution in [0.25, 0.3) is 16.7 Å². The van der Waals surface area contributed by atoms with E-state index in [9.17, 15) is 0 Å². The topological polar surface area (TPSA) is 28.6 Å². The minimum Gasteiger partial charge on any atom is -0.497 e. The standard InChI is InChI=1S/C24H27N3O/c1-28-21-7-5-6-18(13-21)19-12-20(16-25-15-19)23-17-27(24-14-22(23)24)11-10-26-8-3-2-4-9-26/h5-7,12-16H,2-4,8-11,17H2,1H3. The van der Waals surface area contributed by atoms with E-state index in [1.54, 1.807) is 7.11 Å². The van der Waals surface area contributed by atoms with E-state index in [1.807, 2.05) is 24.5 Å². The number of methoxy groups -OCH3 is 1. The zero-order valence-corrected chi connectivity index (χ0v) is 16.5. The molecular formula is C24H27N3O. The Hall–Kier alpha value is -2.59. The highest BCUT2D eigenvalue weighted by Crippen LogP contribution is 2.45. The van der Waals surface area contributed by atoms with Gasteiger partial charge in [-0.3, -0.25) is 4.98 Å². The van der Waals surface area contributed by atoms with E-state index >= 15 is 0 Å². The van der Waals surface area contributed by atoms with Crippen molar-refractivity contribution in [1.29, 1.82) is 0 Å². The molecule has 0 unspecified atom stereocenters. The summed E-state index contributed by atoms with van der Waals surface area (Å²) in [6.45, 7) is 5.86. The second-order valence-corrected chi connectivity index (χ2v) is 7.94. The molecular weight excluding hydrogens is 346 g/mol. The van der Waals surface area contributed by atoms with Gasteiger partial charge in [0.2, 0.25) is 0 Å². The number of rotatable bonds is 6. The number of allylic oxidation sites excluding steroid dienone is 2. The Balaban J connectivity index is 1.29. The number of aromatic nitrogens is 1. The van der Waals surface area contributed by atoms with Crippen LogP contribution in [0.4, 0.5) is 0 Å². The summed E-state index contributed by atoms with van der Waals surface area (Å²) in [5.41, 5.74) is 7.82. The molecule has 4 heteroatoms. The molecule has 1 aromatic carbocycles. The smallest absolute Gasteiger partial charge is 0.119 e. The normalized spacial score (nSPS) is 18.9. The van der Waals surface area contributed by atoms with Crippen LogP contribution in [0.15, 0.2) is 60.1 Å².